The van der Waals surface area contributed by atoms with Crippen LogP contribution in [0.25, 0.3) is 0 Å². The lowest BCUT2D eigenvalue weighted by Gasteiger charge is -2.22. The van der Waals surface area contributed by atoms with Gasteiger partial charge in [0.15, 0.2) is 5.69 Å². The highest BCUT2D eigenvalue weighted by molar-refractivity contribution is 5.93. The Labute approximate surface area is 150 Å². The van der Waals surface area contributed by atoms with Crippen molar-refractivity contribution >= 4 is 5.91 Å². The van der Waals surface area contributed by atoms with Crippen molar-refractivity contribution in [3.05, 3.63) is 59.1 Å². The van der Waals surface area contributed by atoms with Crippen molar-refractivity contribution in [1.29, 1.82) is 0 Å². The molecular weight excluding hydrogens is 334 g/mol. The lowest BCUT2D eigenvalue weighted by molar-refractivity contribution is 0.0938. The number of hydrogen-bond donors (Lipinski definition) is 2. The van der Waals surface area contributed by atoms with E-state index in [0.717, 1.165) is 42.7 Å². The van der Waals surface area contributed by atoms with Gasteiger partial charge in [-0.05, 0) is 25.0 Å². The fourth-order valence-electron chi connectivity index (χ4n) is 3.25. The highest BCUT2D eigenvalue weighted by Crippen LogP contribution is 2.25. The number of amides is 1. The van der Waals surface area contributed by atoms with Crippen molar-refractivity contribution in [2.45, 2.75) is 38.4 Å². The van der Waals surface area contributed by atoms with Crippen LogP contribution in [0.4, 0.5) is 0 Å². The first kappa shape index (κ1) is 16.6. The molecule has 1 aliphatic rings. The summed E-state index contributed by atoms with van der Waals surface area (Å²) in [7, 11) is 1.90. The summed E-state index contributed by atoms with van der Waals surface area (Å²) in [6.07, 6.45) is 7.89. The molecule has 1 aliphatic carbocycles. The molecule has 2 N–H and O–H groups in total. The fraction of sp³-hybridized carbons (Fsp3) is 0.389. The molecule has 8 nitrogen and oxygen atoms in total. The van der Waals surface area contributed by atoms with Crippen LogP contribution in [0.15, 0.2) is 39.7 Å². The molecule has 3 aromatic rings. The third kappa shape index (κ3) is 3.55. The van der Waals surface area contributed by atoms with Crippen LogP contribution in [0.3, 0.4) is 0 Å². The maximum Gasteiger partial charge on any atom is 0.274 e. The second-order valence-corrected chi connectivity index (χ2v) is 6.54. The van der Waals surface area contributed by atoms with Crippen LogP contribution >= 0.6 is 0 Å². The van der Waals surface area contributed by atoms with E-state index in [9.17, 15) is 4.79 Å². The summed E-state index contributed by atoms with van der Waals surface area (Å²) >= 11 is 0. The van der Waals surface area contributed by atoms with Crippen molar-refractivity contribution in [2.24, 2.45) is 7.05 Å². The SMILES string of the molecule is Cn1cc(CNC2CCc3onc(C(=O)NCc4ccco4)c3C2)cn1. The summed E-state index contributed by atoms with van der Waals surface area (Å²) in [5, 5.41) is 14.5. The minimum Gasteiger partial charge on any atom is -0.467 e. The minimum atomic E-state index is -0.237. The maximum absolute atomic E-state index is 12.5. The van der Waals surface area contributed by atoms with E-state index in [-0.39, 0.29) is 11.9 Å². The van der Waals surface area contributed by atoms with Crippen molar-refractivity contribution < 1.29 is 13.7 Å². The van der Waals surface area contributed by atoms with E-state index in [4.69, 9.17) is 8.94 Å². The number of aromatic nitrogens is 3. The monoisotopic (exact) mass is 355 g/mol. The lowest BCUT2D eigenvalue weighted by Crippen LogP contribution is -2.35. The Morgan fingerprint density at radius 2 is 2.35 bits per heavy atom. The number of rotatable bonds is 6. The second kappa shape index (κ2) is 7.17. The van der Waals surface area contributed by atoms with Crippen molar-refractivity contribution in [3.8, 4) is 0 Å². The molecule has 0 fully saturated rings. The van der Waals surface area contributed by atoms with Crippen molar-refractivity contribution in [1.82, 2.24) is 25.6 Å². The van der Waals surface area contributed by atoms with Gasteiger partial charge in [-0.15, -0.1) is 0 Å². The topological polar surface area (TPSA) is 98.1 Å². The molecule has 1 amide bonds. The quantitative estimate of drug-likeness (QED) is 0.697. The Morgan fingerprint density at radius 3 is 3.12 bits per heavy atom. The largest absolute Gasteiger partial charge is 0.467 e. The molecule has 0 bridgehead atoms. The highest BCUT2D eigenvalue weighted by Gasteiger charge is 2.28. The number of hydrogen-bond acceptors (Lipinski definition) is 6. The zero-order valence-corrected chi connectivity index (χ0v) is 14.6. The molecule has 0 spiro atoms. The summed E-state index contributed by atoms with van der Waals surface area (Å²) < 4.78 is 12.4. The molecule has 0 radical (unpaired) electrons. The highest BCUT2D eigenvalue weighted by atomic mass is 16.5. The summed E-state index contributed by atoms with van der Waals surface area (Å²) in [5.74, 6) is 1.28. The number of fused-ring (bicyclic) bond motifs is 1. The van der Waals surface area contributed by atoms with Gasteiger partial charge in [-0.2, -0.15) is 5.10 Å². The van der Waals surface area contributed by atoms with Gasteiger partial charge in [0.1, 0.15) is 11.5 Å². The van der Waals surface area contributed by atoms with Gasteiger partial charge in [-0.3, -0.25) is 9.48 Å². The van der Waals surface area contributed by atoms with Gasteiger partial charge in [0.2, 0.25) is 0 Å². The zero-order valence-electron chi connectivity index (χ0n) is 14.6. The van der Waals surface area contributed by atoms with Gasteiger partial charge in [-0.1, -0.05) is 5.16 Å². The van der Waals surface area contributed by atoms with E-state index >= 15 is 0 Å². The molecule has 0 saturated heterocycles. The molecule has 8 heteroatoms. The summed E-state index contributed by atoms with van der Waals surface area (Å²) in [4.78, 5) is 12.5. The third-order valence-electron chi connectivity index (χ3n) is 4.61. The molecule has 136 valence electrons. The Morgan fingerprint density at radius 1 is 1.42 bits per heavy atom. The van der Waals surface area contributed by atoms with Crippen LogP contribution in [-0.2, 0) is 33.0 Å². The predicted octanol–water partition coefficient (Wildman–Crippen LogP) is 1.58. The number of carbonyl (C=O) groups is 1. The first-order chi connectivity index (χ1) is 12.7. The molecule has 0 aromatic carbocycles. The van der Waals surface area contributed by atoms with E-state index < -0.39 is 0 Å². The summed E-state index contributed by atoms with van der Waals surface area (Å²) in [5.41, 5.74) is 2.41. The molecule has 3 aromatic heterocycles. The summed E-state index contributed by atoms with van der Waals surface area (Å²) in [6, 6.07) is 3.88. The second-order valence-electron chi connectivity index (χ2n) is 6.54. The van der Waals surface area contributed by atoms with Crippen LogP contribution in [0.1, 0.15) is 39.6 Å². The smallest absolute Gasteiger partial charge is 0.274 e. The molecule has 26 heavy (non-hydrogen) atoms. The Balaban J connectivity index is 1.38. The van der Waals surface area contributed by atoms with Crippen molar-refractivity contribution in [3.63, 3.8) is 0 Å². The van der Waals surface area contributed by atoms with E-state index in [1.54, 1.807) is 17.0 Å². The number of nitrogens with zero attached hydrogens (tertiary/aromatic N) is 3. The van der Waals surface area contributed by atoms with E-state index in [0.29, 0.717) is 18.0 Å². The standard InChI is InChI=1S/C18H21N5O3/c1-23-11-12(9-21-23)8-19-13-4-5-16-15(7-13)17(22-26-16)18(24)20-10-14-3-2-6-25-14/h2-3,6,9,11,13,19H,4-5,7-8,10H2,1H3,(H,20,24). The third-order valence-corrected chi connectivity index (χ3v) is 4.61. The number of carbonyl (C=O) groups excluding carboxylic acids is 1. The molecule has 0 aliphatic heterocycles. The van der Waals surface area contributed by atoms with Crippen LogP contribution in [0.2, 0.25) is 0 Å². The lowest BCUT2D eigenvalue weighted by atomic mass is 9.91. The average Bonchev–Trinajstić information content (AvgIpc) is 3.38. The maximum atomic E-state index is 12.5. The molecule has 3 heterocycles. The van der Waals surface area contributed by atoms with E-state index in [1.807, 2.05) is 25.5 Å². The van der Waals surface area contributed by atoms with Gasteiger partial charge in [0.25, 0.3) is 5.91 Å². The Hall–Kier alpha value is -2.87. The van der Waals surface area contributed by atoms with Gasteiger partial charge < -0.3 is 19.6 Å². The number of aryl methyl sites for hydroxylation is 2. The Kier molecular flexibility index (Phi) is 4.57. The van der Waals surface area contributed by atoms with Gasteiger partial charge in [-0.25, -0.2) is 0 Å². The van der Waals surface area contributed by atoms with E-state index in [1.165, 1.54) is 0 Å². The summed E-state index contributed by atoms with van der Waals surface area (Å²) in [6.45, 7) is 1.08. The van der Waals surface area contributed by atoms with Crippen molar-refractivity contribution in [2.75, 3.05) is 0 Å². The van der Waals surface area contributed by atoms with Gasteiger partial charge >= 0.3 is 0 Å². The normalized spacial score (nSPS) is 16.4. The Bertz CT molecular complexity index is 881. The fourth-order valence-corrected chi connectivity index (χ4v) is 3.25. The number of nitrogens with one attached hydrogen (secondary N) is 2. The number of furan rings is 1. The van der Waals surface area contributed by atoms with Crippen LogP contribution in [0.5, 0.6) is 0 Å². The molecule has 4 rings (SSSR count). The first-order valence-corrected chi connectivity index (χ1v) is 8.68. The van der Waals surface area contributed by atoms with Crippen LogP contribution in [0, 0.1) is 0 Å². The van der Waals surface area contributed by atoms with Crippen LogP contribution < -0.4 is 10.6 Å². The van der Waals surface area contributed by atoms with Gasteiger partial charge in [0.05, 0.1) is 19.0 Å². The zero-order chi connectivity index (χ0) is 17.9. The molecule has 0 saturated carbocycles. The molecule has 1 atom stereocenters. The predicted molar refractivity (Wildman–Crippen MR) is 92.2 cm³/mol. The minimum absolute atomic E-state index is 0.237. The first-order valence-electron chi connectivity index (χ1n) is 8.68. The van der Waals surface area contributed by atoms with E-state index in [2.05, 4.69) is 20.9 Å². The molecule has 1 unspecified atom stereocenters. The molecular formula is C18H21N5O3. The van der Waals surface area contributed by atoms with Crippen LogP contribution in [-0.4, -0.2) is 26.9 Å². The van der Waals surface area contributed by atoms with Gasteiger partial charge in [0, 0.05) is 43.4 Å². The average molecular weight is 355 g/mol.